The highest BCUT2D eigenvalue weighted by molar-refractivity contribution is 5.94. The number of piperidine rings is 1. The first kappa shape index (κ1) is 16.5. The summed E-state index contributed by atoms with van der Waals surface area (Å²) in [5.74, 6) is 1.05. The molecule has 1 saturated heterocycles. The maximum Gasteiger partial charge on any atom is 0.253 e. The fraction of sp³-hybridized carbons (Fsp3) is 0.286. The molecule has 1 aliphatic heterocycles. The summed E-state index contributed by atoms with van der Waals surface area (Å²) < 4.78 is 5.79. The minimum absolute atomic E-state index is 0.0992. The average Bonchev–Trinajstić information content (AvgIpc) is 3.19. The number of likely N-dealkylation sites (tertiary alicyclic amines) is 1. The Kier molecular flexibility index (Phi) is 4.52. The molecule has 4 rings (SSSR count). The van der Waals surface area contributed by atoms with E-state index in [0.29, 0.717) is 17.3 Å². The second kappa shape index (κ2) is 7.12. The van der Waals surface area contributed by atoms with Gasteiger partial charge in [-0.05, 0) is 62.6 Å². The van der Waals surface area contributed by atoms with Gasteiger partial charge in [0.15, 0.2) is 0 Å². The van der Waals surface area contributed by atoms with Crippen molar-refractivity contribution in [2.75, 3.05) is 13.1 Å². The van der Waals surface area contributed by atoms with E-state index in [9.17, 15) is 4.79 Å². The number of carbonyl (C=O) groups is 1. The third-order valence-corrected chi connectivity index (χ3v) is 4.75. The smallest absolute Gasteiger partial charge is 0.253 e. The normalized spacial score (nSPS) is 14.4. The van der Waals surface area contributed by atoms with Crippen molar-refractivity contribution >= 4 is 5.91 Å². The van der Waals surface area contributed by atoms with E-state index in [0.717, 1.165) is 37.1 Å². The van der Waals surface area contributed by atoms with E-state index in [-0.39, 0.29) is 5.91 Å². The Balaban J connectivity index is 1.52. The third kappa shape index (κ3) is 3.38. The number of benzene rings is 2. The van der Waals surface area contributed by atoms with Gasteiger partial charge in [0.05, 0.1) is 0 Å². The summed E-state index contributed by atoms with van der Waals surface area (Å²) >= 11 is 0. The minimum atomic E-state index is 0.0992. The predicted octanol–water partition coefficient (Wildman–Crippen LogP) is 4.34. The predicted molar refractivity (Wildman–Crippen MR) is 99.7 cm³/mol. The molecule has 1 aliphatic rings. The van der Waals surface area contributed by atoms with Crippen molar-refractivity contribution in [3.05, 3.63) is 59.7 Å². The number of carbonyl (C=O) groups excluding carboxylic acids is 1. The molecule has 132 valence electrons. The summed E-state index contributed by atoms with van der Waals surface area (Å²) in [6.45, 7) is 3.74. The minimum Gasteiger partial charge on any atom is -0.416 e. The molecule has 26 heavy (non-hydrogen) atoms. The van der Waals surface area contributed by atoms with E-state index < -0.39 is 0 Å². The van der Waals surface area contributed by atoms with Crippen LogP contribution in [-0.2, 0) is 0 Å². The summed E-state index contributed by atoms with van der Waals surface area (Å²) in [5.41, 5.74) is 3.59. The number of rotatable bonds is 3. The van der Waals surface area contributed by atoms with Crippen LogP contribution in [0, 0.1) is 6.92 Å². The fourth-order valence-electron chi connectivity index (χ4n) is 3.19. The summed E-state index contributed by atoms with van der Waals surface area (Å²) in [7, 11) is 0. The highest BCUT2D eigenvalue weighted by Crippen LogP contribution is 2.24. The Labute approximate surface area is 152 Å². The Morgan fingerprint density at radius 2 is 1.38 bits per heavy atom. The molecule has 0 saturated carbocycles. The number of amides is 1. The van der Waals surface area contributed by atoms with Crippen LogP contribution in [0.15, 0.2) is 52.9 Å². The lowest BCUT2D eigenvalue weighted by Gasteiger charge is -2.26. The van der Waals surface area contributed by atoms with E-state index >= 15 is 0 Å². The van der Waals surface area contributed by atoms with Gasteiger partial charge in [0, 0.05) is 29.8 Å². The molecule has 1 amide bonds. The van der Waals surface area contributed by atoms with Crippen molar-refractivity contribution in [2.24, 2.45) is 0 Å². The standard InChI is InChI=1S/C21H21N3O2/c1-15-5-7-16(8-6-15)19-22-23-20(26-19)17-9-11-18(12-10-17)21(25)24-13-3-2-4-14-24/h5-12H,2-4,13-14H2,1H3. The van der Waals surface area contributed by atoms with Crippen molar-refractivity contribution in [1.29, 1.82) is 0 Å². The van der Waals surface area contributed by atoms with Crippen LogP contribution in [0.2, 0.25) is 0 Å². The van der Waals surface area contributed by atoms with Gasteiger partial charge in [0.2, 0.25) is 11.8 Å². The van der Waals surface area contributed by atoms with Crippen molar-refractivity contribution < 1.29 is 9.21 Å². The zero-order chi connectivity index (χ0) is 17.9. The van der Waals surface area contributed by atoms with E-state index in [4.69, 9.17) is 4.42 Å². The zero-order valence-corrected chi connectivity index (χ0v) is 14.8. The highest BCUT2D eigenvalue weighted by Gasteiger charge is 2.18. The van der Waals surface area contributed by atoms with E-state index in [1.807, 2.05) is 60.4 Å². The Morgan fingerprint density at radius 1 is 0.846 bits per heavy atom. The maximum atomic E-state index is 12.5. The van der Waals surface area contributed by atoms with Gasteiger partial charge in [-0.1, -0.05) is 17.7 Å². The molecular weight excluding hydrogens is 326 g/mol. The van der Waals surface area contributed by atoms with Crippen LogP contribution in [0.1, 0.15) is 35.2 Å². The van der Waals surface area contributed by atoms with Gasteiger partial charge in [-0.25, -0.2) is 0 Å². The molecule has 3 aromatic rings. The molecule has 0 spiro atoms. The van der Waals surface area contributed by atoms with Gasteiger partial charge in [-0.2, -0.15) is 0 Å². The molecule has 5 nitrogen and oxygen atoms in total. The molecule has 5 heteroatoms. The highest BCUT2D eigenvalue weighted by atomic mass is 16.4. The van der Waals surface area contributed by atoms with Crippen LogP contribution in [0.5, 0.6) is 0 Å². The molecule has 0 atom stereocenters. The van der Waals surface area contributed by atoms with E-state index in [1.165, 1.54) is 12.0 Å². The first-order valence-corrected chi connectivity index (χ1v) is 9.01. The van der Waals surface area contributed by atoms with Gasteiger partial charge in [-0.3, -0.25) is 4.79 Å². The third-order valence-electron chi connectivity index (χ3n) is 4.75. The Morgan fingerprint density at radius 3 is 1.96 bits per heavy atom. The molecule has 0 aliphatic carbocycles. The Bertz CT molecular complexity index is 892. The first-order valence-electron chi connectivity index (χ1n) is 9.01. The van der Waals surface area contributed by atoms with Crippen molar-refractivity contribution in [1.82, 2.24) is 15.1 Å². The number of hydrogen-bond acceptors (Lipinski definition) is 4. The van der Waals surface area contributed by atoms with E-state index in [2.05, 4.69) is 10.2 Å². The number of aryl methyl sites for hydroxylation is 1. The molecule has 0 N–H and O–H groups in total. The van der Waals surface area contributed by atoms with Crippen molar-refractivity contribution in [2.45, 2.75) is 26.2 Å². The van der Waals surface area contributed by atoms with Crippen LogP contribution < -0.4 is 0 Å². The largest absolute Gasteiger partial charge is 0.416 e. The van der Waals surface area contributed by atoms with Crippen LogP contribution in [0.25, 0.3) is 22.9 Å². The second-order valence-electron chi connectivity index (χ2n) is 6.71. The quantitative estimate of drug-likeness (QED) is 0.707. The van der Waals surface area contributed by atoms with Crippen LogP contribution in [0.3, 0.4) is 0 Å². The second-order valence-corrected chi connectivity index (χ2v) is 6.71. The molecule has 2 heterocycles. The summed E-state index contributed by atoms with van der Waals surface area (Å²) in [6.07, 6.45) is 3.39. The summed E-state index contributed by atoms with van der Waals surface area (Å²) in [6, 6.07) is 15.4. The average molecular weight is 347 g/mol. The lowest BCUT2D eigenvalue weighted by molar-refractivity contribution is 0.0724. The van der Waals surface area contributed by atoms with Gasteiger partial charge in [0.1, 0.15) is 0 Å². The van der Waals surface area contributed by atoms with Gasteiger partial charge < -0.3 is 9.32 Å². The van der Waals surface area contributed by atoms with Gasteiger partial charge in [-0.15, -0.1) is 10.2 Å². The van der Waals surface area contributed by atoms with Crippen LogP contribution in [0.4, 0.5) is 0 Å². The van der Waals surface area contributed by atoms with Gasteiger partial charge >= 0.3 is 0 Å². The first-order chi connectivity index (χ1) is 12.7. The van der Waals surface area contributed by atoms with Crippen LogP contribution in [-0.4, -0.2) is 34.1 Å². The molecule has 1 fully saturated rings. The maximum absolute atomic E-state index is 12.5. The zero-order valence-electron chi connectivity index (χ0n) is 14.8. The van der Waals surface area contributed by atoms with Crippen molar-refractivity contribution in [3.8, 4) is 22.9 Å². The monoisotopic (exact) mass is 347 g/mol. The topological polar surface area (TPSA) is 59.2 Å². The lowest BCUT2D eigenvalue weighted by Crippen LogP contribution is -2.35. The SMILES string of the molecule is Cc1ccc(-c2nnc(-c3ccc(C(=O)N4CCCCC4)cc3)o2)cc1. The molecule has 1 aromatic heterocycles. The van der Waals surface area contributed by atoms with E-state index in [1.54, 1.807) is 0 Å². The fourth-order valence-corrected chi connectivity index (χ4v) is 3.19. The lowest BCUT2D eigenvalue weighted by atomic mass is 10.1. The molecule has 0 radical (unpaired) electrons. The molecule has 0 unspecified atom stereocenters. The Hall–Kier alpha value is -2.95. The summed E-state index contributed by atoms with van der Waals surface area (Å²) in [4.78, 5) is 14.5. The van der Waals surface area contributed by atoms with Crippen molar-refractivity contribution in [3.63, 3.8) is 0 Å². The van der Waals surface area contributed by atoms with Gasteiger partial charge in [0.25, 0.3) is 5.91 Å². The molecule has 2 aromatic carbocycles. The number of nitrogens with zero attached hydrogens (tertiary/aromatic N) is 3. The number of hydrogen-bond donors (Lipinski definition) is 0. The van der Waals surface area contributed by atoms with Crippen LogP contribution >= 0.6 is 0 Å². The summed E-state index contributed by atoms with van der Waals surface area (Å²) in [5, 5.41) is 8.27. The molecule has 0 bridgehead atoms. The number of aromatic nitrogens is 2. The molecular formula is C21H21N3O2.